The van der Waals surface area contributed by atoms with Crippen LogP contribution in [-0.4, -0.2) is 22.2 Å². The molecule has 0 saturated carbocycles. The highest BCUT2D eigenvalue weighted by atomic mass is 19.1. The van der Waals surface area contributed by atoms with Crippen LogP contribution in [0.1, 0.15) is 24.6 Å². The van der Waals surface area contributed by atoms with Gasteiger partial charge in [0, 0.05) is 17.7 Å². The Morgan fingerprint density at radius 3 is 2.78 bits per heavy atom. The molecule has 0 radical (unpaired) electrons. The number of pyridine rings is 1. The van der Waals surface area contributed by atoms with E-state index in [4.69, 9.17) is 4.84 Å². The van der Waals surface area contributed by atoms with Crippen LogP contribution in [0.5, 0.6) is 0 Å². The van der Waals surface area contributed by atoms with Crippen molar-refractivity contribution < 1.29 is 14.0 Å². The molecule has 118 valence electrons. The van der Waals surface area contributed by atoms with Crippen LogP contribution in [-0.2, 0) is 9.63 Å². The van der Waals surface area contributed by atoms with E-state index in [-0.39, 0.29) is 18.1 Å². The van der Waals surface area contributed by atoms with Gasteiger partial charge in [0.1, 0.15) is 11.6 Å². The molecule has 0 bridgehead atoms. The van der Waals surface area contributed by atoms with Crippen LogP contribution in [0.25, 0.3) is 0 Å². The molecule has 2 heterocycles. The summed E-state index contributed by atoms with van der Waals surface area (Å²) in [4.78, 5) is 22.0. The number of halogens is 1. The van der Waals surface area contributed by atoms with Crippen LogP contribution in [0.2, 0.25) is 0 Å². The molecule has 1 amide bonds. The summed E-state index contributed by atoms with van der Waals surface area (Å²) in [6.07, 6.45) is 0.186. The van der Waals surface area contributed by atoms with Gasteiger partial charge in [-0.15, -0.1) is 0 Å². The van der Waals surface area contributed by atoms with E-state index in [1.54, 1.807) is 37.3 Å². The molecule has 1 atom stereocenters. The zero-order valence-electron chi connectivity index (χ0n) is 12.8. The highest BCUT2D eigenvalue weighted by Gasteiger charge is 2.42. The Morgan fingerprint density at radius 2 is 2.04 bits per heavy atom. The standard InChI is InChI=1S/C17H16FN3O2/c1-11-6-5-9-15(19-11)20-16(22)17(2)10-14(21-23-17)12-7-3-4-8-13(12)18/h3-9H,10H2,1-2H3,(H,19,20,22)/t17-/m1/s1. The zero-order valence-corrected chi connectivity index (χ0v) is 12.8. The molecule has 0 fully saturated rings. The number of nitrogens with one attached hydrogen (secondary N) is 1. The summed E-state index contributed by atoms with van der Waals surface area (Å²) in [7, 11) is 0. The van der Waals surface area contributed by atoms with Gasteiger partial charge in [-0.05, 0) is 32.0 Å². The van der Waals surface area contributed by atoms with Crippen LogP contribution < -0.4 is 5.32 Å². The first-order chi connectivity index (χ1) is 11.0. The highest BCUT2D eigenvalue weighted by molar-refractivity contribution is 6.07. The predicted octanol–water partition coefficient (Wildman–Crippen LogP) is 3.05. The summed E-state index contributed by atoms with van der Waals surface area (Å²) >= 11 is 0. The molecular weight excluding hydrogens is 297 g/mol. The number of anilines is 1. The number of benzene rings is 1. The number of aryl methyl sites for hydroxylation is 1. The van der Waals surface area contributed by atoms with E-state index >= 15 is 0 Å². The molecule has 1 aliphatic heterocycles. The summed E-state index contributed by atoms with van der Waals surface area (Å²) < 4.78 is 13.8. The second kappa shape index (κ2) is 5.79. The number of aromatic nitrogens is 1. The van der Waals surface area contributed by atoms with Crippen molar-refractivity contribution in [3.8, 4) is 0 Å². The quantitative estimate of drug-likeness (QED) is 0.947. The van der Waals surface area contributed by atoms with Gasteiger partial charge in [-0.2, -0.15) is 0 Å². The van der Waals surface area contributed by atoms with Gasteiger partial charge in [0.15, 0.2) is 0 Å². The lowest BCUT2D eigenvalue weighted by Gasteiger charge is -2.20. The molecule has 1 aromatic heterocycles. The van der Waals surface area contributed by atoms with Crippen molar-refractivity contribution in [1.29, 1.82) is 0 Å². The highest BCUT2D eigenvalue weighted by Crippen LogP contribution is 2.28. The SMILES string of the molecule is Cc1cccc(NC(=O)[C@@]2(C)CC(c3ccccc3F)=NO2)n1. The van der Waals surface area contributed by atoms with Crippen molar-refractivity contribution in [3.05, 3.63) is 59.5 Å². The first-order valence-electron chi connectivity index (χ1n) is 7.23. The molecule has 5 nitrogen and oxygen atoms in total. The first-order valence-corrected chi connectivity index (χ1v) is 7.23. The topological polar surface area (TPSA) is 63.6 Å². The Labute approximate surface area is 133 Å². The number of amides is 1. The Hall–Kier alpha value is -2.76. The number of nitrogens with zero attached hydrogens (tertiary/aromatic N) is 2. The third-order valence-electron chi connectivity index (χ3n) is 3.66. The summed E-state index contributed by atoms with van der Waals surface area (Å²) in [5.41, 5.74) is 0.363. The van der Waals surface area contributed by atoms with E-state index in [0.717, 1.165) is 5.69 Å². The third-order valence-corrected chi connectivity index (χ3v) is 3.66. The predicted molar refractivity (Wildman–Crippen MR) is 84.6 cm³/mol. The fourth-order valence-corrected chi connectivity index (χ4v) is 2.36. The van der Waals surface area contributed by atoms with Gasteiger partial charge in [-0.25, -0.2) is 9.37 Å². The second-order valence-corrected chi connectivity index (χ2v) is 5.64. The van der Waals surface area contributed by atoms with Gasteiger partial charge >= 0.3 is 0 Å². The van der Waals surface area contributed by atoms with Gasteiger partial charge in [0.25, 0.3) is 5.91 Å². The number of carbonyl (C=O) groups excluding carboxylic acids is 1. The Balaban J connectivity index is 1.74. The minimum atomic E-state index is -1.19. The van der Waals surface area contributed by atoms with Gasteiger partial charge in [0.05, 0.1) is 5.71 Å². The molecule has 0 spiro atoms. The van der Waals surface area contributed by atoms with Gasteiger partial charge in [-0.1, -0.05) is 29.4 Å². The van der Waals surface area contributed by atoms with Gasteiger partial charge in [0.2, 0.25) is 5.60 Å². The average molecular weight is 313 g/mol. The fraction of sp³-hybridized carbons (Fsp3) is 0.235. The molecular formula is C17H16FN3O2. The number of hydrogen-bond donors (Lipinski definition) is 1. The van der Waals surface area contributed by atoms with Crippen molar-refractivity contribution in [2.75, 3.05) is 5.32 Å². The fourth-order valence-electron chi connectivity index (χ4n) is 2.36. The lowest BCUT2D eigenvalue weighted by atomic mass is 9.95. The molecule has 1 N–H and O–H groups in total. The Bertz CT molecular complexity index is 791. The van der Waals surface area contributed by atoms with Crippen LogP contribution in [0.3, 0.4) is 0 Å². The van der Waals surface area contributed by atoms with E-state index in [0.29, 0.717) is 17.1 Å². The molecule has 0 unspecified atom stereocenters. The van der Waals surface area contributed by atoms with E-state index in [9.17, 15) is 9.18 Å². The first kappa shape index (κ1) is 15.1. The molecule has 6 heteroatoms. The summed E-state index contributed by atoms with van der Waals surface area (Å²) in [6.45, 7) is 3.46. The maximum atomic E-state index is 13.8. The molecule has 0 aliphatic carbocycles. The minimum Gasteiger partial charge on any atom is -0.379 e. The van der Waals surface area contributed by atoms with E-state index in [1.807, 2.05) is 13.0 Å². The lowest BCUT2D eigenvalue weighted by molar-refractivity contribution is -0.135. The number of rotatable bonds is 3. The monoisotopic (exact) mass is 313 g/mol. The van der Waals surface area contributed by atoms with Crippen molar-refractivity contribution in [2.45, 2.75) is 25.9 Å². The van der Waals surface area contributed by atoms with E-state index in [2.05, 4.69) is 15.5 Å². The number of carbonyl (C=O) groups is 1. The summed E-state index contributed by atoms with van der Waals surface area (Å²) in [5, 5.41) is 6.61. The number of hydrogen-bond acceptors (Lipinski definition) is 4. The molecule has 2 aromatic rings. The Morgan fingerprint density at radius 1 is 1.26 bits per heavy atom. The van der Waals surface area contributed by atoms with E-state index in [1.165, 1.54) is 6.07 Å². The van der Waals surface area contributed by atoms with Crippen LogP contribution in [0, 0.1) is 12.7 Å². The van der Waals surface area contributed by atoms with E-state index < -0.39 is 5.60 Å². The average Bonchev–Trinajstić information content (AvgIpc) is 2.91. The molecule has 1 aliphatic rings. The van der Waals surface area contributed by atoms with Crippen LogP contribution in [0.4, 0.5) is 10.2 Å². The smallest absolute Gasteiger partial charge is 0.272 e. The van der Waals surface area contributed by atoms with Gasteiger partial charge < -0.3 is 10.2 Å². The summed E-state index contributed by atoms with van der Waals surface area (Å²) in [5.74, 6) is -0.315. The molecule has 0 saturated heterocycles. The summed E-state index contributed by atoms with van der Waals surface area (Å²) in [6, 6.07) is 11.6. The zero-order chi connectivity index (χ0) is 16.4. The largest absolute Gasteiger partial charge is 0.379 e. The van der Waals surface area contributed by atoms with Crippen molar-refractivity contribution in [1.82, 2.24) is 4.98 Å². The van der Waals surface area contributed by atoms with Crippen molar-refractivity contribution >= 4 is 17.4 Å². The second-order valence-electron chi connectivity index (χ2n) is 5.64. The van der Waals surface area contributed by atoms with Crippen LogP contribution in [0.15, 0.2) is 47.6 Å². The maximum absolute atomic E-state index is 13.8. The van der Waals surface area contributed by atoms with Crippen molar-refractivity contribution in [2.24, 2.45) is 5.16 Å². The minimum absolute atomic E-state index is 0.186. The lowest BCUT2D eigenvalue weighted by Crippen LogP contribution is -2.40. The van der Waals surface area contributed by atoms with Gasteiger partial charge in [-0.3, -0.25) is 4.79 Å². The maximum Gasteiger partial charge on any atom is 0.272 e. The molecule has 23 heavy (non-hydrogen) atoms. The normalized spacial score (nSPS) is 19.9. The third kappa shape index (κ3) is 3.06. The Kier molecular flexibility index (Phi) is 3.82. The number of oxime groups is 1. The molecule has 3 rings (SSSR count). The molecule has 1 aromatic carbocycles. The van der Waals surface area contributed by atoms with Crippen LogP contribution >= 0.6 is 0 Å². The van der Waals surface area contributed by atoms with Crippen molar-refractivity contribution in [3.63, 3.8) is 0 Å².